The van der Waals surface area contributed by atoms with E-state index in [9.17, 15) is 4.79 Å². The lowest BCUT2D eigenvalue weighted by molar-refractivity contribution is -0.116. The van der Waals surface area contributed by atoms with Crippen molar-refractivity contribution in [1.82, 2.24) is 10.2 Å². The third-order valence-electron chi connectivity index (χ3n) is 4.49. The van der Waals surface area contributed by atoms with Gasteiger partial charge >= 0.3 is 0 Å². The maximum atomic E-state index is 11.9. The number of benzene rings is 1. The van der Waals surface area contributed by atoms with Crippen LogP contribution in [0.3, 0.4) is 0 Å². The molecule has 0 aliphatic carbocycles. The van der Waals surface area contributed by atoms with Gasteiger partial charge in [0.2, 0.25) is 5.91 Å². The fraction of sp³-hybridized carbons (Fsp3) is 0.450. The van der Waals surface area contributed by atoms with Crippen molar-refractivity contribution in [3.05, 3.63) is 42.2 Å². The summed E-state index contributed by atoms with van der Waals surface area (Å²) in [7, 11) is 0. The summed E-state index contributed by atoms with van der Waals surface area (Å²) in [6.07, 6.45) is 9.62. The highest BCUT2D eigenvalue weighted by molar-refractivity contribution is 5.92. The van der Waals surface area contributed by atoms with Gasteiger partial charge in [-0.2, -0.15) is 0 Å². The number of rotatable bonds is 6. The van der Waals surface area contributed by atoms with Crippen LogP contribution in [-0.2, 0) is 4.79 Å². The van der Waals surface area contributed by atoms with Gasteiger partial charge in [0.25, 0.3) is 0 Å². The predicted octanol–water partition coefficient (Wildman–Crippen LogP) is 3.83. The Bertz CT molecular complexity index is 649. The molecule has 4 heteroatoms. The Morgan fingerprint density at radius 2 is 1.96 bits per heavy atom. The van der Waals surface area contributed by atoms with Crippen LogP contribution < -0.4 is 5.32 Å². The first-order valence-electron chi connectivity index (χ1n) is 8.98. The molecule has 0 radical (unpaired) electrons. The standard InChI is InChI=1S/C20H26N2O2/c23-20(21-12-7-15-22-13-5-1-2-6-14-22)11-10-18-16-17-8-3-4-9-19(17)24-18/h3-4,8-11,16H,1-2,5-7,12-15H2,(H,21,23)/b11-10+. The fourth-order valence-electron chi connectivity index (χ4n) is 3.18. The average Bonchev–Trinajstić information content (AvgIpc) is 2.84. The monoisotopic (exact) mass is 326 g/mol. The van der Waals surface area contributed by atoms with Crippen LogP contribution in [0.4, 0.5) is 0 Å². The Hall–Kier alpha value is -2.07. The third-order valence-corrected chi connectivity index (χ3v) is 4.49. The molecule has 1 aliphatic rings. The number of nitrogens with one attached hydrogen (secondary N) is 1. The summed E-state index contributed by atoms with van der Waals surface area (Å²) < 4.78 is 5.66. The topological polar surface area (TPSA) is 45.5 Å². The normalized spacial score (nSPS) is 16.5. The maximum Gasteiger partial charge on any atom is 0.244 e. The number of carbonyl (C=O) groups excluding carboxylic acids is 1. The first-order chi connectivity index (χ1) is 11.8. The van der Waals surface area contributed by atoms with Crippen LogP contribution in [0.1, 0.15) is 37.9 Å². The Kier molecular flexibility index (Phi) is 6.07. The average molecular weight is 326 g/mol. The zero-order valence-electron chi connectivity index (χ0n) is 14.2. The molecular weight excluding hydrogens is 300 g/mol. The van der Waals surface area contributed by atoms with Gasteiger partial charge in [0.1, 0.15) is 11.3 Å². The molecule has 3 rings (SSSR count). The first-order valence-corrected chi connectivity index (χ1v) is 8.98. The number of likely N-dealkylation sites (tertiary alicyclic amines) is 1. The SMILES string of the molecule is O=C(/C=C/c1cc2ccccc2o1)NCCCN1CCCCCC1. The number of fused-ring (bicyclic) bond motifs is 1. The van der Waals surface area contributed by atoms with E-state index in [0.717, 1.165) is 30.5 Å². The molecule has 1 amide bonds. The van der Waals surface area contributed by atoms with E-state index in [4.69, 9.17) is 4.42 Å². The van der Waals surface area contributed by atoms with Crippen molar-refractivity contribution in [1.29, 1.82) is 0 Å². The molecular formula is C20H26N2O2. The van der Waals surface area contributed by atoms with Crippen molar-refractivity contribution in [2.75, 3.05) is 26.2 Å². The van der Waals surface area contributed by atoms with Crippen molar-refractivity contribution >= 4 is 23.0 Å². The highest BCUT2D eigenvalue weighted by Crippen LogP contribution is 2.19. The number of furan rings is 1. The van der Waals surface area contributed by atoms with Gasteiger partial charge in [-0.05, 0) is 57.1 Å². The van der Waals surface area contributed by atoms with Crippen LogP contribution in [0.2, 0.25) is 0 Å². The first kappa shape index (κ1) is 16.8. The summed E-state index contributed by atoms with van der Waals surface area (Å²) in [5, 5.41) is 4.00. The van der Waals surface area contributed by atoms with Crippen LogP contribution in [0.25, 0.3) is 17.0 Å². The zero-order chi connectivity index (χ0) is 16.6. The van der Waals surface area contributed by atoms with Gasteiger partial charge in [0.05, 0.1) is 0 Å². The minimum atomic E-state index is -0.0636. The largest absolute Gasteiger partial charge is 0.457 e. The lowest BCUT2D eigenvalue weighted by atomic mass is 10.2. The maximum absolute atomic E-state index is 11.9. The van der Waals surface area contributed by atoms with E-state index in [1.165, 1.54) is 38.8 Å². The molecule has 128 valence electrons. The fourth-order valence-corrected chi connectivity index (χ4v) is 3.18. The molecule has 4 nitrogen and oxygen atoms in total. The number of para-hydroxylation sites is 1. The van der Waals surface area contributed by atoms with Gasteiger partial charge in [-0.25, -0.2) is 0 Å². The molecule has 2 heterocycles. The van der Waals surface area contributed by atoms with Gasteiger partial charge in [0, 0.05) is 18.0 Å². The molecule has 1 N–H and O–H groups in total. The van der Waals surface area contributed by atoms with Gasteiger partial charge in [-0.1, -0.05) is 31.0 Å². The van der Waals surface area contributed by atoms with Crippen molar-refractivity contribution in [3.8, 4) is 0 Å². The van der Waals surface area contributed by atoms with Gasteiger partial charge in [-0.3, -0.25) is 4.79 Å². The van der Waals surface area contributed by atoms with Crippen molar-refractivity contribution in [3.63, 3.8) is 0 Å². The summed E-state index contributed by atoms with van der Waals surface area (Å²) in [6.45, 7) is 4.22. The van der Waals surface area contributed by atoms with Crippen LogP contribution >= 0.6 is 0 Å². The molecule has 1 aromatic carbocycles. The molecule has 1 aliphatic heterocycles. The number of amides is 1. The van der Waals surface area contributed by atoms with E-state index in [-0.39, 0.29) is 5.91 Å². The van der Waals surface area contributed by atoms with Crippen LogP contribution in [0.15, 0.2) is 40.8 Å². The molecule has 1 fully saturated rings. The molecule has 0 spiro atoms. The molecule has 0 saturated carbocycles. The third kappa shape index (κ3) is 4.96. The molecule has 2 aromatic rings. The highest BCUT2D eigenvalue weighted by Gasteiger charge is 2.08. The number of carbonyl (C=O) groups is 1. The van der Waals surface area contributed by atoms with E-state index in [0.29, 0.717) is 5.76 Å². The summed E-state index contributed by atoms with van der Waals surface area (Å²) in [5.41, 5.74) is 0.843. The summed E-state index contributed by atoms with van der Waals surface area (Å²) >= 11 is 0. The van der Waals surface area contributed by atoms with E-state index in [2.05, 4.69) is 10.2 Å². The van der Waals surface area contributed by atoms with Crippen molar-refractivity contribution in [2.24, 2.45) is 0 Å². The van der Waals surface area contributed by atoms with Crippen LogP contribution in [0, 0.1) is 0 Å². The van der Waals surface area contributed by atoms with Crippen molar-refractivity contribution < 1.29 is 9.21 Å². The lowest BCUT2D eigenvalue weighted by Gasteiger charge is -2.19. The van der Waals surface area contributed by atoms with Gasteiger partial charge < -0.3 is 14.6 Å². The van der Waals surface area contributed by atoms with E-state index < -0.39 is 0 Å². The minimum Gasteiger partial charge on any atom is -0.457 e. The second kappa shape index (κ2) is 8.69. The quantitative estimate of drug-likeness (QED) is 0.648. The van der Waals surface area contributed by atoms with Crippen LogP contribution in [0.5, 0.6) is 0 Å². The van der Waals surface area contributed by atoms with E-state index in [1.807, 2.05) is 30.3 Å². The Balaban J connectivity index is 1.38. The number of hydrogen-bond donors (Lipinski definition) is 1. The summed E-state index contributed by atoms with van der Waals surface area (Å²) in [6, 6.07) is 9.78. The number of nitrogens with zero attached hydrogens (tertiary/aromatic N) is 1. The minimum absolute atomic E-state index is 0.0636. The predicted molar refractivity (Wildman–Crippen MR) is 97.8 cm³/mol. The highest BCUT2D eigenvalue weighted by atomic mass is 16.3. The molecule has 1 aromatic heterocycles. The Morgan fingerprint density at radius 3 is 2.75 bits per heavy atom. The second-order valence-corrected chi connectivity index (χ2v) is 6.42. The van der Waals surface area contributed by atoms with Gasteiger partial charge in [-0.15, -0.1) is 0 Å². The lowest BCUT2D eigenvalue weighted by Crippen LogP contribution is -2.29. The Morgan fingerprint density at radius 1 is 1.17 bits per heavy atom. The molecule has 0 bridgehead atoms. The number of hydrogen-bond acceptors (Lipinski definition) is 3. The molecule has 0 atom stereocenters. The van der Waals surface area contributed by atoms with Crippen molar-refractivity contribution in [2.45, 2.75) is 32.1 Å². The molecule has 1 saturated heterocycles. The second-order valence-electron chi connectivity index (χ2n) is 6.42. The smallest absolute Gasteiger partial charge is 0.244 e. The Labute approximate surface area is 143 Å². The van der Waals surface area contributed by atoms with E-state index in [1.54, 1.807) is 12.2 Å². The zero-order valence-corrected chi connectivity index (χ0v) is 14.2. The molecule has 24 heavy (non-hydrogen) atoms. The summed E-state index contributed by atoms with van der Waals surface area (Å²) in [4.78, 5) is 14.4. The molecule has 0 unspecified atom stereocenters. The summed E-state index contributed by atoms with van der Waals surface area (Å²) in [5.74, 6) is 0.641. The van der Waals surface area contributed by atoms with E-state index >= 15 is 0 Å². The van der Waals surface area contributed by atoms with Gasteiger partial charge in [0.15, 0.2) is 0 Å². The van der Waals surface area contributed by atoms with Crippen LogP contribution in [-0.4, -0.2) is 37.0 Å².